The summed E-state index contributed by atoms with van der Waals surface area (Å²) in [6, 6.07) is 15.0. The standard InChI is InChI=1S/C20H19ClN2O3/c21-15-6-7-17-16(12-15)19(14-4-2-1-3-5-14)20(25)23(17)13-18(24)22-8-10-26-11-9-22/h1-7,12,19H,8-11,13H2. The monoisotopic (exact) mass is 370 g/mol. The highest BCUT2D eigenvalue weighted by atomic mass is 35.5. The number of fused-ring (bicyclic) bond motifs is 1. The number of hydrogen-bond acceptors (Lipinski definition) is 3. The summed E-state index contributed by atoms with van der Waals surface area (Å²) in [5.74, 6) is -0.575. The van der Waals surface area contributed by atoms with Gasteiger partial charge in [0.25, 0.3) is 0 Å². The zero-order valence-corrected chi connectivity index (χ0v) is 15.0. The average molecular weight is 371 g/mol. The van der Waals surface area contributed by atoms with Crippen molar-refractivity contribution in [3.8, 4) is 0 Å². The van der Waals surface area contributed by atoms with Crippen LogP contribution in [0.3, 0.4) is 0 Å². The second-order valence-corrected chi connectivity index (χ2v) is 6.90. The minimum absolute atomic E-state index is 0.0385. The van der Waals surface area contributed by atoms with E-state index in [1.54, 1.807) is 15.9 Å². The Morgan fingerprint density at radius 3 is 2.58 bits per heavy atom. The molecule has 134 valence electrons. The number of benzene rings is 2. The Morgan fingerprint density at radius 2 is 1.85 bits per heavy atom. The van der Waals surface area contributed by atoms with E-state index in [9.17, 15) is 9.59 Å². The van der Waals surface area contributed by atoms with E-state index in [0.717, 1.165) is 16.8 Å². The zero-order valence-electron chi connectivity index (χ0n) is 14.2. The van der Waals surface area contributed by atoms with Gasteiger partial charge in [-0.1, -0.05) is 41.9 Å². The number of amides is 2. The van der Waals surface area contributed by atoms with Gasteiger partial charge in [0.2, 0.25) is 11.8 Å². The highest BCUT2D eigenvalue weighted by Crippen LogP contribution is 2.42. The van der Waals surface area contributed by atoms with Crippen molar-refractivity contribution in [1.82, 2.24) is 4.90 Å². The Labute approximate surface area is 157 Å². The molecule has 26 heavy (non-hydrogen) atoms. The third-order valence-corrected chi connectivity index (χ3v) is 5.13. The minimum atomic E-state index is -0.428. The molecule has 0 aromatic heterocycles. The molecular weight excluding hydrogens is 352 g/mol. The van der Waals surface area contributed by atoms with Crippen molar-refractivity contribution < 1.29 is 14.3 Å². The van der Waals surface area contributed by atoms with Crippen molar-refractivity contribution in [2.45, 2.75) is 5.92 Å². The fourth-order valence-electron chi connectivity index (χ4n) is 3.59. The van der Waals surface area contributed by atoms with Gasteiger partial charge in [0.1, 0.15) is 6.54 Å². The number of carbonyl (C=O) groups is 2. The average Bonchev–Trinajstić information content (AvgIpc) is 2.94. The molecule has 2 aliphatic rings. The second kappa shape index (κ2) is 7.09. The fraction of sp³-hybridized carbons (Fsp3) is 0.300. The summed E-state index contributed by atoms with van der Waals surface area (Å²) in [5, 5.41) is 0.582. The molecule has 4 rings (SSSR count). The topological polar surface area (TPSA) is 49.9 Å². The quantitative estimate of drug-likeness (QED) is 0.834. The summed E-state index contributed by atoms with van der Waals surface area (Å²) in [5.41, 5.74) is 2.51. The number of nitrogens with zero attached hydrogens (tertiary/aromatic N) is 2. The Balaban J connectivity index is 1.66. The molecule has 1 saturated heterocycles. The lowest BCUT2D eigenvalue weighted by molar-refractivity contribution is -0.135. The molecule has 0 spiro atoms. The van der Waals surface area contributed by atoms with Crippen LogP contribution in [0.5, 0.6) is 0 Å². The molecule has 2 aromatic carbocycles. The summed E-state index contributed by atoms with van der Waals surface area (Å²) in [6.07, 6.45) is 0. The normalized spacial score (nSPS) is 19.6. The molecule has 0 bridgehead atoms. The molecule has 2 heterocycles. The van der Waals surface area contributed by atoms with Crippen LogP contribution in [-0.2, 0) is 14.3 Å². The second-order valence-electron chi connectivity index (χ2n) is 6.46. The van der Waals surface area contributed by atoms with Crippen molar-refractivity contribution in [3.05, 3.63) is 64.7 Å². The largest absolute Gasteiger partial charge is 0.378 e. The van der Waals surface area contributed by atoms with E-state index in [1.807, 2.05) is 42.5 Å². The van der Waals surface area contributed by atoms with Crippen LogP contribution in [0.1, 0.15) is 17.0 Å². The first kappa shape index (κ1) is 17.1. The molecule has 2 amide bonds. The van der Waals surface area contributed by atoms with Crippen LogP contribution in [0, 0.1) is 0 Å². The van der Waals surface area contributed by atoms with Crippen molar-refractivity contribution in [1.29, 1.82) is 0 Å². The summed E-state index contributed by atoms with van der Waals surface area (Å²) in [7, 11) is 0. The van der Waals surface area contributed by atoms with Crippen molar-refractivity contribution in [3.63, 3.8) is 0 Å². The molecule has 0 saturated carbocycles. The van der Waals surface area contributed by atoms with E-state index in [-0.39, 0.29) is 18.4 Å². The summed E-state index contributed by atoms with van der Waals surface area (Å²) < 4.78 is 5.30. The van der Waals surface area contributed by atoms with Gasteiger partial charge in [-0.05, 0) is 29.3 Å². The maximum atomic E-state index is 13.2. The van der Waals surface area contributed by atoms with E-state index in [1.165, 1.54) is 0 Å². The highest BCUT2D eigenvalue weighted by molar-refractivity contribution is 6.31. The third kappa shape index (κ3) is 3.08. The third-order valence-electron chi connectivity index (χ3n) is 4.89. The number of anilines is 1. The molecule has 0 aliphatic carbocycles. The van der Waals surface area contributed by atoms with Gasteiger partial charge in [0, 0.05) is 23.8 Å². The first-order valence-electron chi connectivity index (χ1n) is 8.66. The lowest BCUT2D eigenvalue weighted by Crippen LogP contribution is -2.46. The Morgan fingerprint density at radius 1 is 1.12 bits per heavy atom. The van der Waals surface area contributed by atoms with E-state index >= 15 is 0 Å². The van der Waals surface area contributed by atoms with E-state index in [0.29, 0.717) is 31.3 Å². The van der Waals surface area contributed by atoms with Crippen LogP contribution in [0.2, 0.25) is 5.02 Å². The molecule has 0 N–H and O–H groups in total. The predicted octanol–water partition coefficient (Wildman–Crippen LogP) is 2.68. The molecular formula is C20H19ClN2O3. The van der Waals surface area contributed by atoms with Gasteiger partial charge in [-0.2, -0.15) is 0 Å². The van der Waals surface area contributed by atoms with Crippen LogP contribution in [0.4, 0.5) is 5.69 Å². The number of morpholine rings is 1. The molecule has 1 fully saturated rings. The lowest BCUT2D eigenvalue weighted by atomic mass is 9.93. The number of carbonyl (C=O) groups excluding carboxylic acids is 2. The SMILES string of the molecule is O=C(CN1C(=O)C(c2ccccc2)c2cc(Cl)ccc21)N1CCOCC1. The molecule has 6 heteroatoms. The van der Waals surface area contributed by atoms with Crippen LogP contribution >= 0.6 is 11.6 Å². The zero-order chi connectivity index (χ0) is 18.1. The van der Waals surface area contributed by atoms with Crippen LogP contribution in [-0.4, -0.2) is 49.6 Å². The summed E-state index contributed by atoms with van der Waals surface area (Å²) >= 11 is 6.18. The Hall–Kier alpha value is -2.37. The molecule has 2 aliphatic heterocycles. The van der Waals surface area contributed by atoms with Crippen LogP contribution in [0.25, 0.3) is 0 Å². The molecule has 1 unspecified atom stereocenters. The first-order chi connectivity index (χ1) is 12.6. The lowest BCUT2D eigenvalue weighted by Gasteiger charge is -2.29. The van der Waals surface area contributed by atoms with Crippen molar-refractivity contribution in [2.75, 3.05) is 37.7 Å². The minimum Gasteiger partial charge on any atom is -0.378 e. The number of hydrogen-bond donors (Lipinski definition) is 0. The van der Waals surface area contributed by atoms with Gasteiger partial charge in [0.15, 0.2) is 0 Å². The van der Waals surface area contributed by atoms with Gasteiger partial charge < -0.3 is 14.5 Å². The summed E-state index contributed by atoms with van der Waals surface area (Å²) in [4.78, 5) is 29.2. The van der Waals surface area contributed by atoms with Crippen LogP contribution in [0.15, 0.2) is 48.5 Å². The molecule has 5 nitrogen and oxygen atoms in total. The molecule has 1 atom stereocenters. The van der Waals surface area contributed by atoms with Gasteiger partial charge in [-0.25, -0.2) is 0 Å². The number of ether oxygens (including phenoxy) is 1. The smallest absolute Gasteiger partial charge is 0.242 e. The Kier molecular flexibility index (Phi) is 4.66. The van der Waals surface area contributed by atoms with E-state index < -0.39 is 5.92 Å². The maximum Gasteiger partial charge on any atom is 0.242 e. The van der Waals surface area contributed by atoms with Gasteiger partial charge in [0.05, 0.1) is 19.1 Å². The predicted molar refractivity (Wildman–Crippen MR) is 99.5 cm³/mol. The van der Waals surface area contributed by atoms with Crippen molar-refractivity contribution in [2.24, 2.45) is 0 Å². The van der Waals surface area contributed by atoms with Crippen LogP contribution < -0.4 is 4.90 Å². The number of halogens is 1. The van der Waals surface area contributed by atoms with E-state index in [4.69, 9.17) is 16.3 Å². The highest BCUT2D eigenvalue weighted by Gasteiger charge is 2.39. The fourth-order valence-corrected chi connectivity index (χ4v) is 3.77. The molecule has 0 radical (unpaired) electrons. The molecule has 2 aromatic rings. The van der Waals surface area contributed by atoms with Gasteiger partial charge in [-0.15, -0.1) is 0 Å². The first-order valence-corrected chi connectivity index (χ1v) is 9.04. The Bertz CT molecular complexity index is 834. The number of rotatable bonds is 3. The van der Waals surface area contributed by atoms with Gasteiger partial charge in [-0.3, -0.25) is 9.59 Å². The van der Waals surface area contributed by atoms with Crippen molar-refractivity contribution >= 4 is 29.1 Å². The summed E-state index contributed by atoms with van der Waals surface area (Å²) in [6.45, 7) is 2.25. The van der Waals surface area contributed by atoms with E-state index in [2.05, 4.69) is 0 Å². The maximum absolute atomic E-state index is 13.2. The van der Waals surface area contributed by atoms with Gasteiger partial charge >= 0.3 is 0 Å².